The van der Waals surface area contributed by atoms with Crippen LogP contribution < -0.4 is 0 Å². The van der Waals surface area contributed by atoms with Crippen molar-refractivity contribution in [2.75, 3.05) is 40.4 Å². The van der Waals surface area contributed by atoms with E-state index in [1.165, 1.54) is 128 Å². The second-order valence-electron chi connectivity index (χ2n) is 19.6. The van der Waals surface area contributed by atoms with Crippen LogP contribution in [0.2, 0.25) is 0 Å². The highest BCUT2D eigenvalue weighted by Crippen LogP contribution is 2.25. The molecule has 3 atom stereocenters. The first-order valence-electron chi connectivity index (χ1n) is 27.4. The molecule has 0 aliphatic carbocycles. The Morgan fingerprint density at radius 2 is 0.774 bits per heavy atom. The lowest BCUT2D eigenvalue weighted by molar-refractivity contribution is -0.146. The van der Waals surface area contributed by atoms with E-state index in [4.69, 9.17) is 9.47 Å². The summed E-state index contributed by atoms with van der Waals surface area (Å²) in [5, 5.41) is 0. The van der Waals surface area contributed by atoms with Gasteiger partial charge < -0.3 is 19.3 Å². The van der Waals surface area contributed by atoms with Gasteiger partial charge in [0.2, 0.25) is 5.91 Å². The van der Waals surface area contributed by atoms with Gasteiger partial charge in [-0.25, -0.2) is 0 Å². The lowest BCUT2D eigenvalue weighted by atomic mass is 9.93. The van der Waals surface area contributed by atoms with Crippen LogP contribution in [0, 0.1) is 17.8 Å². The van der Waals surface area contributed by atoms with Gasteiger partial charge in [-0.05, 0) is 103 Å². The smallest absolute Gasteiger partial charge is 0.305 e. The first kappa shape index (κ1) is 60.4. The van der Waals surface area contributed by atoms with Crippen LogP contribution >= 0.6 is 0 Å². The Morgan fingerprint density at radius 1 is 0.403 bits per heavy atom. The molecule has 1 amide bonds. The van der Waals surface area contributed by atoms with Crippen LogP contribution in [0.4, 0.5) is 0 Å². The number of esters is 2. The summed E-state index contributed by atoms with van der Waals surface area (Å²) in [5.41, 5.74) is 0. The number of carbonyl (C=O) groups is 3. The van der Waals surface area contributed by atoms with E-state index in [9.17, 15) is 14.4 Å². The number of nitrogens with zero attached hydrogens (tertiary/aromatic N) is 2. The monoisotopic (exact) mass is 877 g/mol. The largest absolute Gasteiger partial charge is 0.465 e. The highest BCUT2D eigenvalue weighted by Gasteiger charge is 2.28. The Hall–Kier alpha value is -1.63. The fourth-order valence-electron chi connectivity index (χ4n) is 9.10. The molecule has 0 N–H and O–H groups in total. The van der Waals surface area contributed by atoms with Crippen molar-refractivity contribution in [1.82, 2.24) is 9.80 Å². The number of hydrogen-bond acceptors (Lipinski definition) is 6. The molecule has 0 aromatic rings. The highest BCUT2D eigenvalue weighted by atomic mass is 16.5. The normalized spacial score (nSPS) is 13.1. The molecule has 0 fully saturated rings. The lowest BCUT2D eigenvalue weighted by Gasteiger charge is -2.35. The van der Waals surface area contributed by atoms with Gasteiger partial charge >= 0.3 is 11.9 Å². The molecule has 0 radical (unpaired) electrons. The van der Waals surface area contributed by atoms with Crippen molar-refractivity contribution in [2.24, 2.45) is 17.8 Å². The molecule has 0 saturated heterocycles. The summed E-state index contributed by atoms with van der Waals surface area (Å²) < 4.78 is 11.5. The topological polar surface area (TPSA) is 76.2 Å². The van der Waals surface area contributed by atoms with E-state index < -0.39 is 0 Å². The molecular formula is C55H108N2O5. The minimum absolute atomic E-state index is 0.00835. The van der Waals surface area contributed by atoms with Crippen molar-refractivity contribution in [3.05, 3.63) is 0 Å². The quantitative estimate of drug-likeness (QED) is 0.0448. The minimum Gasteiger partial charge on any atom is -0.465 e. The van der Waals surface area contributed by atoms with E-state index in [1.54, 1.807) is 0 Å². The highest BCUT2D eigenvalue weighted by molar-refractivity contribution is 5.79. The number of amides is 1. The van der Waals surface area contributed by atoms with Crippen LogP contribution in [0.5, 0.6) is 0 Å². The third-order valence-electron chi connectivity index (χ3n) is 13.4. The van der Waals surface area contributed by atoms with Crippen molar-refractivity contribution in [3.63, 3.8) is 0 Å². The first-order chi connectivity index (χ1) is 30.2. The maximum absolute atomic E-state index is 14.3. The van der Waals surface area contributed by atoms with Crippen molar-refractivity contribution in [2.45, 2.75) is 279 Å². The Kier molecular flexibility index (Phi) is 43.4. The van der Waals surface area contributed by atoms with Crippen molar-refractivity contribution < 1.29 is 23.9 Å². The fourth-order valence-corrected chi connectivity index (χ4v) is 9.10. The molecule has 7 heteroatoms. The van der Waals surface area contributed by atoms with Gasteiger partial charge in [-0.15, -0.1) is 0 Å². The molecule has 7 nitrogen and oxygen atoms in total. The van der Waals surface area contributed by atoms with E-state index in [0.717, 1.165) is 103 Å². The molecule has 3 unspecified atom stereocenters. The molecular weight excluding hydrogens is 769 g/mol. The van der Waals surface area contributed by atoms with Gasteiger partial charge in [0.1, 0.15) is 0 Å². The summed E-state index contributed by atoms with van der Waals surface area (Å²) in [6, 6.07) is 0.306. The molecule has 0 heterocycles. The average molecular weight is 877 g/mol. The van der Waals surface area contributed by atoms with Crippen LogP contribution in [-0.2, 0) is 23.9 Å². The summed E-state index contributed by atoms with van der Waals surface area (Å²) in [6.07, 6.45) is 40.2. The summed E-state index contributed by atoms with van der Waals surface area (Å²) in [6.45, 7) is 16.5. The molecule has 0 aliphatic heterocycles. The van der Waals surface area contributed by atoms with Crippen LogP contribution in [0.1, 0.15) is 273 Å². The predicted octanol–water partition coefficient (Wildman–Crippen LogP) is 15.8. The van der Waals surface area contributed by atoms with Crippen LogP contribution in [0.25, 0.3) is 0 Å². The Morgan fingerprint density at radius 3 is 1.21 bits per heavy atom. The van der Waals surface area contributed by atoms with Crippen LogP contribution in [0.15, 0.2) is 0 Å². The van der Waals surface area contributed by atoms with E-state index >= 15 is 0 Å². The van der Waals surface area contributed by atoms with Gasteiger partial charge in [0.25, 0.3) is 0 Å². The fraction of sp³-hybridized carbons (Fsp3) is 0.945. The van der Waals surface area contributed by atoms with Gasteiger partial charge in [0.05, 0.1) is 13.2 Å². The molecule has 0 bridgehead atoms. The lowest BCUT2D eigenvalue weighted by Crippen LogP contribution is -2.45. The zero-order chi connectivity index (χ0) is 45.9. The number of carbonyl (C=O) groups excluding carboxylic acids is 3. The minimum atomic E-state index is -0.0143. The average Bonchev–Trinajstić information content (AvgIpc) is 3.26. The Bertz CT molecular complexity index is 996. The SMILES string of the molecule is CCCCCCC(CCCC)COC(=O)CCCCCCCCC(CCCCCCCCC(=O)OCC(CCCC)CCCC)N(CCCN(C)C)C(=O)C(CC)CCCCC. The van der Waals surface area contributed by atoms with E-state index in [0.29, 0.717) is 49.8 Å². The van der Waals surface area contributed by atoms with E-state index in [1.807, 2.05) is 0 Å². The van der Waals surface area contributed by atoms with Gasteiger partial charge in [0.15, 0.2) is 0 Å². The van der Waals surface area contributed by atoms with Gasteiger partial charge in [-0.2, -0.15) is 0 Å². The van der Waals surface area contributed by atoms with E-state index in [-0.39, 0.29) is 17.9 Å². The summed E-state index contributed by atoms with van der Waals surface area (Å²) >= 11 is 0. The van der Waals surface area contributed by atoms with Gasteiger partial charge in [-0.3, -0.25) is 14.4 Å². The van der Waals surface area contributed by atoms with Crippen molar-refractivity contribution in [1.29, 1.82) is 0 Å². The molecule has 0 aromatic heterocycles. The molecule has 0 aliphatic rings. The zero-order valence-electron chi connectivity index (χ0n) is 43.0. The number of rotatable bonds is 47. The molecule has 368 valence electrons. The number of ether oxygens (including phenoxy) is 2. The number of hydrogen-bond donors (Lipinski definition) is 0. The number of unbranched alkanes of at least 4 members (excludes halogenated alkanes) is 18. The summed E-state index contributed by atoms with van der Waals surface area (Å²) in [7, 11) is 4.27. The van der Waals surface area contributed by atoms with Crippen LogP contribution in [-0.4, -0.2) is 74.1 Å². The molecule has 0 aromatic carbocycles. The zero-order valence-corrected chi connectivity index (χ0v) is 43.0. The maximum Gasteiger partial charge on any atom is 0.305 e. The maximum atomic E-state index is 14.3. The van der Waals surface area contributed by atoms with Gasteiger partial charge in [0, 0.05) is 31.3 Å². The molecule has 62 heavy (non-hydrogen) atoms. The standard InChI is InChI=1S/C55H108N2O5/c1-9-15-20-30-39-50(38-19-13-5)48-62-54(59)44-34-28-24-22-26-32-42-52(57(46-35-45-56(7)8)55(60)51(14-6)40-29-16-10-2)41-31-25-21-23-27-33-43-53(58)61-47-49(36-17-11-3)37-18-12-4/h49-52H,9-48H2,1-8H3. The molecule has 0 rings (SSSR count). The molecule has 0 saturated carbocycles. The van der Waals surface area contributed by atoms with Crippen LogP contribution in [0.3, 0.4) is 0 Å². The predicted molar refractivity (Wildman–Crippen MR) is 267 cm³/mol. The summed E-state index contributed by atoms with van der Waals surface area (Å²) in [4.78, 5) is 44.0. The summed E-state index contributed by atoms with van der Waals surface area (Å²) in [5.74, 6) is 1.56. The van der Waals surface area contributed by atoms with Gasteiger partial charge in [-0.1, -0.05) is 189 Å². The Balaban J connectivity index is 5.06. The Labute approximate surface area is 387 Å². The van der Waals surface area contributed by atoms with Crippen molar-refractivity contribution in [3.8, 4) is 0 Å². The van der Waals surface area contributed by atoms with E-state index in [2.05, 4.69) is 65.4 Å². The second kappa shape index (κ2) is 44.6. The first-order valence-corrected chi connectivity index (χ1v) is 27.4. The third-order valence-corrected chi connectivity index (χ3v) is 13.4. The third kappa shape index (κ3) is 35.7. The van der Waals surface area contributed by atoms with Crippen molar-refractivity contribution >= 4 is 17.8 Å². The second-order valence-corrected chi connectivity index (χ2v) is 19.6. The molecule has 0 spiro atoms.